The van der Waals surface area contributed by atoms with Gasteiger partial charge in [0.2, 0.25) is 0 Å². The number of urea groups is 1. The van der Waals surface area contributed by atoms with E-state index in [4.69, 9.17) is 16.7 Å². The number of rotatable bonds is 6. The van der Waals surface area contributed by atoms with Crippen LogP contribution >= 0.6 is 11.6 Å². The van der Waals surface area contributed by atoms with E-state index in [-0.39, 0.29) is 29.4 Å². The number of amides is 2. The summed E-state index contributed by atoms with van der Waals surface area (Å²) in [7, 11) is 0. The zero-order chi connectivity index (χ0) is 15.1. The van der Waals surface area contributed by atoms with Gasteiger partial charge in [-0.3, -0.25) is 4.79 Å². The number of carboxylic acid groups (broad SMARTS) is 1. The highest BCUT2D eigenvalue weighted by Gasteiger charge is 2.10. The lowest BCUT2D eigenvalue weighted by Crippen LogP contribution is -2.30. The van der Waals surface area contributed by atoms with Crippen LogP contribution in [0.2, 0.25) is 5.02 Å². The van der Waals surface area contributed by atoms with Gasteiger partial charge >= 0.3 is 18.6 Å². The number of alkyl halides is 2. The molecule has 6 nitrogen and oxygen atoms in total. The molecule has 1 rings (SSSR count). The van der Waals surface area contributed by atoms with Crippen molar-refractivity contribution in [3.05, 3.63) is 23.2 Å². The van der Waals surface area contributed by atoms with Gasteiger partial charge < -0.3 is 20.5 Å². The molecule has 0 aromatic heterocycles. The Morgan fingerprint density at radius 1 is 1.40 bits per heavy atom. The Hall–Kier alpha value is -2.09. The van der Waals surface area contributed by atoms with Crippen LogP contribution < -0.4 is 15.4 Å². The molecule has 1 aromatic carbocycles. The lowest BCUT2D eigenvalue weighted by atomic mass is 10.3. The molecule has 0 aliphatic heterocycles. The van der Waals surface area contributed by atoms with Gasteiger partial charge in [0.15, 0.2) is 0 Å². The van der Waals surface area contributed by atoms with E-state index >= 15 is 0 Å². The lowest BCUT2D eigenvalue weighted by Gasteiger charge is -2.10. The number of nitrogens with one attached hydrogen (secondary N) is 2. The first-order chi connectivity index (χ1) is 9.38. The van der Waals surface area contributed by atoms with Crippen molar-refractivity contribution in [1.82, 2.24) is 5.32 Å². The second-order valence-electron chi connectivity index (χ2n) is 3.55. The summed E-state index contributed by atoms with van der Waals surface area (Å²) in [6, 6.07) is 3.13. The summed E-state index contributed by atoms with van der Waals surface area (Å²) in [5.74, 6) is -1.32. The highest BCUT2D eigenvalue weighted by molar-refractivity contribution is 6.32. The average molecular weight is 309 g/mol. The molecule has 0 heterocycles. The van der Waals surface area contributed by atoms with Crippen molar-refractivity contribution in [1.29, 1.82) is 0 Å². The number of carbonyl (C=O) groups is 2. The molecule has 9 heteroatoms. The van der Waals surface area contributed by atoms with Crippen LogP contribution in [0.1, 0.15) is 6.42 Å². The first-order valence-electron chi connectivity index (χ1n) is 5.39. The Morgan fingerprint density at radius 2 is 2.10 bits per heavy atom. The van der Waals surface area contributed by atoms with Gasteiger partial charge in [-0.1, -0.05) is 11.6 Å². The Bertz CT molecular complexity index is 499. The number of carboxylic acids is 1. The molecule has 1 aromatic rings. The molecule has 0 unspecified atom stereocenters. The molecule has 3 N–H and O–H groups in total. The number of carbonyl (C=O) groups excluding carboxylic acids is 1. The molecule has 0 saturated carbocycles. The van der Waals surface area contributed by atoms with Crippen molar-refractivity contribution in [2.24, 2.45) is 0 Å². The van der Waals surface area contributed by atoms with E-state index in [2.05, 4.69) is 15.4 Å². The van der Waals surface area contributed by atoms with Crippen molar-refractivity contribution < 1.29 is 28.2 Å². The molecule has 0 fully saturated rings. The molecule has 0 aliphatic rings. The van der Waals surface area contributed by atoms with Gasteiger partial charge in [0, 0.05) is 18.3 Å². The molecule has 0 radical (unpaired) electrons. The number of benzene rings is 1. The number of aliphatic carboxylic acids is 1. The third-order valence-corrected chi connectivity index (χ3v) is 2.34. The minimum Gasteiger partial charge on any atom is -0.481 e. The predicted octanol–water partition coefficient (Wildman–Crippen LogP) is 2.54. The smallest absolute Gasteiger partial charge is 0.387 e. The minimum absolute atomic E-state index is 0.0258. The molecule has 2 amide bonds. The third-order valence-electron chi connectivity index (χ3n) is 2.03. The summed E-state index contributed by atoms with van der Waals surface area (Å²) in [4.78, 5) is 21.6. The number of ether oxygens (including phenoxy) is 1. The van der Waals surface area contributed by atoms with Crippen molar-refractivity contribution in [3.8, 4) is 5.75 Å². The highest BCUT2D eigenvalue weighted by Crippen LogP contribution is 2.29. The third kappa shape index (κ3) is 5.70. The van der Waals surface area contributed by atoms with Gasteiger partial charge in [-0.25, -0.2) is 4.79 Å². The molecule has 20 heavy (non-hydrogen) atoms. The number of halogens is 3. The fourth-order valence-electron chi connectivity index (χ4n) is 1.23. The maximum absolute atomic E-state index is 12.1. The standard InChI is InChI=1S/C11H11ClF2N2O4/c12-7-2-1-6(5-8(7)20-10(13)14)16-11(19)15-4-3-9(17)18/h1-2,5,10H,3-4H2,(H,17,18)(H2,15,16,19). The van der Waals surface area contributed by atoms with Crippen LogP contribution in [0.5, 0.6) is 5.75 Å². The Kier molecular flexibility index (Phi) is 5.98. The first-order valence-corrected chi connectivity index (χ1v) is 5.77. The van der Waals surface area contributed by atoms with Crippen molar-refractivity contribution in [2.45, 2.75) is 13.0 Å². The van der Waals surface area contributed by atoms with E-state index in [9.17, 15) is 18.4 Å². The van der Waals surface area contributed by atoms with Crippen LogP contribution in [0.25, 0.3) is 0 Å². The van der Waals surface area contributed by atoms with Gasteiger partial charge in [0.25, 0.3) is 0 Å². The molecule has 0 saturated heterocycles. The van der Waals surface area contributed by atoms with Crippen LogP contribution in [0.15, 0.2) is 18.2 Å². The largest absolute Gasteiger partial charge is 0.481 e. The SMILES string of the molecule is O=C(O)CCNC(=O)Nc1ccc(Cl)c(OC(F)F)c1. The van der Waals surface area contributed by atoms with Crippen molar-refractivity contribution in [3.63, 3.8) is 0 Å². The Labute approximate surface area is 117 Å². The van der Waals surface area contributed by atoms with E-state index in [1.807, 2.05) is 0 Å². The summed E-state index contributed by atoms with van der Waals surface area (Å²) in [6.07, 6.45) is -0.228. The summed E-state index contributed by atoms with van der Waals surface area (Å²) < 4.78 is 28.4. The maximum atomic E-state index is 12.1. The molecule has 110 valence electrons. The molecular weight excluding hydrogens is 298 g/mol. The number of hydrogen-bond acceptors (Lipinski definition) is 3. The fourth-order valence-corrected chi connectivity index (χ4v) is 1.39. The molecular formula is C11H11ClF2N2O4. The summed E-state index contributed by atoms with van der Waals surface area (Å²) in [6.45, 7) is -3.10. The normalized spacial score (nSPS) is 10.2. The highest BCUT2D eigenvalue weighted by atomic mass is 35.5. The predicted molar refractivity (Wildman–Crippen MR) is 67.4 cm³/mol. The number of hydrogen-bond donors (Lipinski definition) is 3. The monoisotopic (exact) mass is 308 g/mol. The van der Waals surface area contributed by atoms with Crippen molar-refractivity contribution >= 4 is 29.3 Å². The first kappa shape index (κ1) is 16.0. The van der Waals surface area contributed by atoms with Crippen LogP contribution in [-0.2, 0) is 4.79 Å². The van der Waals surface area contributed by atoms with Crippen LogP contribution in [0.4, 0.5) is 19.3 Å². The van der Waals surface area contributed by atoms with Gasteiger partial charge in [0.1, 0.15) is 5.75 Å². The van der Waals surface area contributed by atoms with E-state index in [1.165, 1.54) is 12.1 Å². The molecule has 0 aliphatic carbocycles. The second kappa shape index (κ2) is 7.49. The topological polar surface area (TPSA) is 87.7 Å². The molecule has 0 bridgehead atoms. The van der Waals surface area contributed by atoms with Gasteiger partial charge in [0.05, 0.1) is 11.4 Å². The fraction of sp³-hybridized carbons (Fsp3) is 0.273. The number of anilines is 1. The zero-order valence-corrected chi connectivity index (χ0v) is 10.8. The van der Waals surface area contributed by atoms with Crippen molar-refractivity contribution in [2.75, 3.05) is 11.9 Å². The molecule has 0 atom stereocenters. The van der Waals surface area contributed by atoms with E-state index < -0.39 is 18.6 Å². The van der Waals surface area contributed by atoms with Gasteiger partial charge in [-0.2, -0.15) is 8.78 Å². The Balaban J connectivity index is 2.59. The van der Waals surface area contributed by atoms with E-state index in [0.29, 0.717) is 0 Å². The quantitative estimate of drug-likeness (QED) is 0.753. The van der Waals surface area contributed by atoms with Gasteiger partial charge in [-0.15, -0.1) is 0 Å². The zero-order valence-electron chi connectivity index (χ0n) is 10.0. The summed E-state index contributed by atoms with van der Waals surface area (Å²) in [5.41, 5.74) is 0.179. The minimum atomic E-state index is -3.04. The average Bonchev–Trinajstić information content (AvgIpc) is 2.32. The van der Waals surface area contributed by atoms with E-state index in [1.54, 1.807) is 0 Å². The van der Waals surface area contributed by atoms with Crippen LogP contribution in [-0.4, -0.2) is 30.3 Å². The molecule has 0 spiro atoms. The maximum Gasteiger partial charge on any atom is 0.387 e. The van der Waals surface area contributed by atoms with Crippen LogP contribution in [0.3, 0.4) is 0 Å². The van der Waals surface area contributed by atoms with Gasteiger partial charge in [-0.05, 0) is 12.1 Å². The Morgan fingerprint density at radius 3 is 2.70 bits per heavy atom. The van der Waals surface area contributed by atoms with E-state index in [0.717, 1.165) is 6.07 Å². The summed E-state index contributed by atoms with van der Waals surface area (Å²) >= 11 is 5.64. The second-order valence-corrected chi connectivity index (χ2v) is 3.96. The summed E-state index contributed by atoms with van der Waals surface area (Å²) in [5, 5.41) is 13.0. The van der Waals surface area contributed by atoms with Crippen LogP contribution in [0, 0.1) is 0 Å². The lowest BCUT2D eigenvalue weighted by molar-refractivity contribution is -0.136.